The molecular weight excluding hydrogens is 302 g/mol. The van der Waals surface area contributed by atoms with Crippen LogP contribution >= 0.6 is 11.6 Å². The maximum Gasteiger partial charge on any atom is 0.340 e. The number of nitrogens with two attached hydrogens (primary N) is 1. The fourth-order valence-electron chi connectivity index (χ4n) is 2.45. The van der Waals surface area contributed by atoms with E-state index < -0.39 is 5.97 Å². The predicted octanol–water partition coefficient (Wildman–Crippen LogP) is 3.13. The zero-order valence-electron chi connectivity index (χ0n) is 11.9. The number of aromatic amines is 1. The first kappa shape index (κ1) is 14.6. The molecule has 3 rings (SSSR count). The number of esters is 1. The molecule has 3 N–H and O–H groups in total. The molecule has 0 saturated carbocycles. The van der Waals surface area contributed by atoms with Crippen molar-refractivity contribution >= 4 is 28.6 Å². The molecule has 0 bridgehead atoms. The Morgan fingerprint density at radius 3 is 2.91 bits per heavy atom. The molecule has 0 atom stereocenters. The molecule has 0 fully saturated rings. The molecule has 2 heterocycles. The first-order chi connectivity index (χ1) is 10.7. The average molecular weight is 316 g/mol. The van der Waals surface area contributed by atoms with Crippen LogP contribution in [-0.4, -0.2) is 23.0 Å². The first-order valence-corrected chi connectivity index (χ1v) is 7.06. The van der Waals surface area contributed by atoms with Crippen LogP contribution in [0.3, 0.4) is 0 Å². The van der Waals surface area contributed by atoms with Gasteiger partial charge in [-0.1, -0.05) is 23.7 Å². The Morgan fingerprint density at radius 2 is 2.23 bits per heavy atom. The van der Waals surface area contributed by atoms with E-state index in [1.807, 2.05) is 24.3 Å². The van der Waals surface area contributed by atoms with Gasteiger partial charge in [0.15, 0.2) is 0 Å². The number of aromatic nitrogens is 2. The van der Waals surface area contributed by atoms with Gasteiger partial charge in [-0.05, 0) is 28.8 Å². The molecule has 1 aromatic carbocycles. The van der Waals surface area contributed by atoms with E-state index in [1.165, 1.54) is 7.11 Å². The van der Waals surface area contributed by atoms with E-state index in [0.29, 0.717) is 28.2 Å². The fourth-order valence-corrected chi connectivity index (χ4v) is 2.71. The third kappa shape index (κ3) is 2.34. The lowest BCUT2D eigenvalue weighted by Crippen LogP contribution is -2.00. The van der Waals surface area contributed by atoms with Crippen LogP contribution in [0.2, 0.25) is 5.02 Å². The molecule has 112 valence electrons. The van der Waals surface area contributed by atoms with Crippen LogP contribution in [0.4, 0.5) is 0 Å². The zero-order valence-corrected chi connectivity index (χ0v) is 12.6. The van der Waals surface area contributed by atoms with Crippen LogP contribution in [0.1, 0.15) is 15.9 Å². The van der Waals surface area contributed by atoms with Crippen molar-refractivity contribution in [2.24, 2.45) is 5.73 Å². The Morgan fingerprint density at radius 1 is 1.41 bits per heavy atom. The molecule has 0 amide bonds. The van der Waals surface area contributed by atoms with E-state index in [2.05, 4.69) is 9.97 Å². The third-order valence-corrected chi connectivity index (χ3v) is 3.91. The molecule has 2 aromatic heterocycles. The van der Waals surface area contributed by atoms with Crippen molar-refractivity contribution < 1.29 is 9.53 Å². The van der Waals surface area contributed by atoms with E-state index in [4.69, 9.17) is 22.1 Å². The molecule has 0 unspecified atom stereocenters. The Hall–Kier alpha value is -2.37. The van der Waals surface area contributed by atoms with Gasteiger partial charge in [0.2, 0.25) is 0 Å². The lowest BCUT2D eigenvalue weighted by atomic mass is 10.00. The summed E-state index contributed by atoms with van der Waals surface area (Å²) in [5.41, 5.74) is 9.32. The van der Waals surface area contributed by atoms with Crippen molar-refractivity contribution in [2.45, 2.75) is 6.54 Å². The van der Waals surface area contributed by atoms with Gasteiger partial charge in [-0.15, -0.1) is 0 Å². The monoisotopic (exact) mass is 315 g/mol. The van der Waals surface area contributed by atoms with E-state index in [9.17, 15) is 4.79 Å². The number of nitrogens with one attached hydrogen (secondary N) is 1. The van der Waals surface area contributed by atoms with Gasteiger partial charge >= 0.3 is 5.97 Å². The molecule has 0 saturated heterocycles. The summed E-state index contributed by atoms with van der Waals surface area (Å²) in [5, 5.41) is 1.31. The van der Waals surface area contributed by atoms with E-state index in [-0.39, 0.29) is 0 Å². The minimum Gasteiger partial charge on any atom is -0.465 e. The summed E-state index contributed by atoms with van der Waals surface area (Å²) in [4.78, 5) is 19.2. The lowest BCUT2D eigenvalue weighted by Gasteiger charge is -2.08. The molecule has 5 nitrogen and oxygen atoms in total. The minimum absolute atomic E-state index is 0.377. The number of pyridine rings is 1. The largest absolute Gasteiger partial charge is 0.465 e. The molecular formula is C16H14ClN3O2. The number of rotatable bonds is 3. The Bertz CT molecular complexity index is 858. The average Bonchev–Trinajstić information content (AvgIpc) is 2.98. The molecule has 22 heavy (non-hydrogen) atoms. The van der Waals surface area contributed by atoms with Crippen LogP contribution in [0.5, 0.6) is 0 Å². The number of nitrogens with zero attached hydrogens (tertiary/aromatic N) is 1. The number of methoxy groups -OCH3 is 1. The van der Waals surface area contributed by atoms with Crippen molar-refractivity contribution in [2.75, 3.05) is 7.11 Å². The number of H-pyrrole nitrogens is 1. The highest BCUT2D eigenvalue weighted by atomic mass is 35.5. The van der Waals surface area contributed by atoms with Crippen molar-refractivity contribution in [1.82, 2.24) is 9.97 Å². The number of ether oxygens (including phenoxy) is 1. The highest BCUT2D eigenvalue weighted by molar-refractivity contribution is 6.31. The molecule has 0 aliphatic rings. The summed E-state index contributed by atoms with van der Waals surface area (Å²) in [6.45, 7) is 0.377. The number of halogens is 1. The first-order valence-electron chi connectivity index (χ1n) is 6.69. The van der Waals surface area contributed by atoms with Gasteiger partial charge in [0.25, 0.3) is 0 Å². The number of benzene rings is 1. The molecule has 0 aliphatic carbocycles. The summed E-state index contributed by atoms with van der Waals surface area (Å²) in [5.74, 6) is -0.412. The smallest absolute Gasteiger partial charge is 0.340 e. The number of carbonyl (C=O) groups excluding carboxylic acids is 1. The Balaban J connectivity index is 2.24. The van der Waals surface area contributed by atoms with Crippen LogP contribution in [0, 0.1) is 0 Å². The Labute approximate surface area is 132 Å². The van der Waals surface area contributed by atoms with Gasteiger partial charge in [-0.2, -0.15) is 0 Å². The van der Waals surface area contributed by atoms with Gasteiger partial charge < -0.3 is 15.5 Å². The summed E-state index contributed by atoms with van der Waals surface area (Å²) in [6, 6.07) is 7.49. The van der Waals surface area contributed by atoms with Crippen molar-refractivity contribution in [3.8, 4) is 11.1 Å². The van der Waals surface area contributed by atoms with E-state index in [0.717, 1.165) is 16.7 Å². The van der Waals surface area contributed by atoms with Crippen molar-refractivity contribution in [3.05, 3.63) is 52.8 Å². The second-order valence-corrected chi connectivity index (χ2v) is 5.19. The highest BCUT2D eigenvalue weighted by Crippen LogP contribution is 2.32. The van der Waals surface area contributed by atoms with Gasteiger partial charge in [0, 0.05) is 29.3 Å². The molecule has 6 heteroatoms. The highest BCUT2D eigenvalue weighted by Gasteiger charge is 2.17. The predicted molar refractivity (Wildman–Crippen MR) is 85.8 cm³/mol. The summed E-state index contributed by atoms with van der Waals surface area (Å²) >= 11 is 6.24. The molecule has 0 aliphatic heterocycles. The van der Waals surface area contributed by atoms with Gasteiger partial charge in [0.1, 0.15) is 5.65 Å². The van der Waals surface area contributed by atoms with Gasteiger partial charge in [-0.25, -0.2) is 9.78 Å². The Kier molecular flexibility index (Phi) is 3.83. The standard InChI is InChI=1S/C16H14ClN3O2/c1-22-16(21)12-8-20-15-14(12)11(4-5-19-15)9-2-3-10(7-18)13(17)6-9/h2-6,8H,7,18H2,1H3,(H,19,20). The quantitative estimate of drug-likeness (QED) is 0.728. The summed E-state index contributed by atoms with van der Waals surface area (Å²) in [6.07, 6.45) is 3.28. The maximum absolute atomic E-state index is 11.9. The summed E-state index contributed by atoms with van der Waals surface area (Å²) in [7, 11) is 1.35. The second kappa shape index (κ2) is 5.79. The number of hydrogen-bond acceptors (Lipinski definition) is 4. The third-order valence-electron chi connectivity index (χ3n) is 3.56. The normalized spacial score (nSPS) is 10.9. The number of fused-ring (bicyclic) bond motifs is 1. The maximum atomic E-state index is 11.9. The van der Waals surface area contributed by atoms with Crippen LogP contribution in [-0.2, 0) is 11.3 Å². The molecule has 0 spiro atoms. The number of hydrogen-bond donors (Lipinski definition) is 2. The van der Waals surface area contributed by atoms with Gasteiger partial charge in [-0.3, -0.25) is 0 Å². The zero-order chi connectivity index (χ0) is 15.7. The molecule has 3 aromatic rings. The van der Waals surface area contributed by atoms with E-state index in [1.54, 1.807) is 12.4 Å². The summed E-state index contributed by atoms with van der Waals surface area (Å²) < 4.78 is 4.82. The van der Waals surface area contributed by atoms with Gasteiger partial charge in [0.05, 0.1) is 12.7 Å². The lowest BCUT2D eigenvalue weighted by molar-refractivity contribution is 0.0603. The molecule has 0 radical (unpaired) electrons. The fraction of sp³-hybridized carbons (Fsp3) is 0.125. The van der Waals surface area contributed by atoms with Crippen LogP contribution in [0.25, 0.3) is 22.2 Å². The SMILES string of the molecule is COC(=O)c1c[nH]c2nccc(-c3ccc(CN)c(Cl)c3)c12. The number of carbonyl (C=O) groups is 1. The van der Waals surface area contributed by atoms with Crippen molar-refractivity contribution in [3.63, 3.8) is 0 Å². The van der Waals surface area contributed by atoms with Crippen LogP contribution in [0.15, 0.2) is 36.7 Å². The van der Waals surface area contributed by atoms with Crippen molar-refractivity contribution in [1.29, 1.82) is 0 Å². The second-order valence-electron chi connectivity index (χ2n) is 4.79. The van der Waals surface area contributed by atoms with E-state index >= 15 is 0 Å². The minimum atomic E-state index is -0.412. The van der Waals surface area contributed by atoms with Crippen LogP contribution < -0.4 is 5.73 Å². The topological polar surface area (TPSA) is 81.0 Å².